The number of hydrogen-bond donors (Lipinski definition) is 3. The third kappa shape index (κ3) is 8.29. The molecule has 0 heterocycles. The topological polar surface area (TPSA) is 65.5 Å². The molecular weight excluding hydrogens is 375 g/mol. The summed E-state index contributed by atoms with van der Waals surface area (Å²) in [4.78, 5) is 15.6. The third-order valence-corrected chi connectivity index (χ3v) is 3.74. The van der Waals surface area contributed by atoms with Crippen molar-refractivity contribution in [1.82, 2.24) is 16.0 Å². The number of halogens is 2. The van der Waals surface area contributed by atoms with Crippen LogP contribution in [0.3, 0.4) is 0 Å². The number of amides is 1. The van der Waals surface area contributed by atoms with Crippen molar-refractivity contribution < 1.29 is 9.18 Å². The molecule has 0 aliphatic carbocycles. The van der Waals surface area contributed by atoms with Gasteiger partial charge in [-0.2, -0.15) is 0 Å². The molecule has 0 saturated carbocycles. The Labute approximate surface area is 151 Å². The molecule has 0 radical (unpaired) electrons. The van der Waals surface area contributed by atoms with Crippen LogP contribution in [0.4, 0.5) is 4.39 Å². The average molecular weight is 401 g/mol. The van der Waals surface area contributed by atoms with Gasteiger partial charge in [0.2, 0.25) is 5.91 Å². The van der Waals surface area contributed by atoms with Gasteiger partial charge in [0.05, 0.1) is 0 Å². The van der Waals surface area contributed by atoms with Crippen molar-refractivity contribution in [2.45, 2.75) is 39.2 Å². The van der Waals surface area contributed by atoms with E-state index < -0.39 is 0 Å². The van der Waals surface area contributed by atoms with Crippen LogP contribution in [0.5, 0.6) is 0 Å². The summed E-state index contributed by atoms with van der Waals surface area (Å²) < 4.78 is 14.5. The first-order chi connectivity index (χ1) is 11.4. The van der Waals surface area contributed by atoms with E-state index >= 15 is 0 Å². The second kappa shape index (κ2) is 11.0. The van der Waals surface area contributed by atoms with Crippen LogP contribution in [0.2, 0.25) is 0 Å². The smallest absolute Gasteiger partial charge is 0.221 e. The SMILES string of the molecule is CN=C(NCCCc1ccc(Br)cc1F)NCCC(=O)NC(C)C. The lowest BCUT2D eigenvalue weighted by molar-refractivity contribution is -0.121. The molecule has 134 valence electrons. The van der Waals surface area contributed by atoms with E-state index in [1.165, 1.54) is 6.07 Å². The van der Waals surface area contributed by atoms with Crippen LogP contribution < -0.4 is 16.0 Å². The normalized spacial score (nSPS) is 11.5. The summed E-state index contributed by atoms with van der Waals surface area (Å²) >= 11 is 3.25. The summed E-state index contributed by atoms with van der Waals surface area (Å²) in [5.74, 6) is 0.463. The summed E-state index contributed by atoms with van der Waals surface area (Å²) in [5.41, 5.74) is 0.702. The number of benzene rings is 1. The Kier molecular flexibility index (Phi) is 9.37. The molecule has 7 heteroatoms. The Morgan fingerprint density at radius 1 is 1.29 bits per heavy atom. The van der Waals surface area contributed by atoms with Gasteiger partial charge in [-0.25, -0.2) is 4.39 Å². The molecule has 0 aromatic heterocycles. The molecule has 5 nitrogen and oxygen atoms in total. The van der Waals surface area contributed by atoms with E-state index in [9.17, 15) is 9.18 Å². The summed E-state index contributed by atoms with van der Waals surface area (Å²) in [7, 11) is 1.68. The Hall–Kier alpha value is -1.63. The second-order valence-electron chi connectivity index (χ2n) is 5.74. The van der Waals surface area contributed by atoms with Gasteiger partial charge in [-0.3, -0.25) is 9.79 Å². The molecule has 1 rings (SSSR count). The molecule has 0 bridgehead atoms. The Morgan fingerprint density at radius 3 is 2.62 bits per heavy atom. The van der Waals surface area contributed by atoms with E-state index in [2.05, 4.69) is 36.9 Å². The van der Waals surface area contributed by atoms with E-state index in [0.29, 0.717) is 37.5 Å². The van der Waals surface area contributed by atoms with Gasteiger partial charge in [-0.15, -0.1) is 0 Å². The zero-order valence-corrected chi connectivity index (χ0v) is 16.0. The fraction of sp³-hybridized carbons (Fsp3) is 0.529. The highest BCUT2D eigenvalue weighted by Gasteiger charge is 2.05. The lowest BCUT2D eigenvalue weighted by Gasteiger charge is -2.13. The van der Waals surface area contributed by atoms with Crippen molar-refractivity contribution in [1.29, 1.82) is 0 Å². The largest absolute Gasteiger partial charge is 0.356 e. The monoisotopic (exact) mass is 400 g/mol. The summed E-state index contributed by atoms with van der Waals surface area (Å²) in [6.45, 7) is 5.05. The van der Waals surface area contributed by atoms with Gasteiger partial charge < -0.3 is 16.0 Å². The minimum atomic E-state index is -0.192. The van der Waals surface area contributed by atoms with Gasteiger partial charge in [0.25, 0.3) is 0 Å². The number of carbonyl (C=O) groups excluding carboxylic acids is 1. The van der Waals surface area contributed by atoms with Crippen molar-refractivity contribution >= 4 is 27.8 Å². The highest BCUT2D eigenvalue weighted by molar-refractivity contribution is 9.10. The average Bonchev–Trinajstić information content (AvgIpc) is 2.50. The maximum absolute atomic E-state index is 13.7. The van der Waals surface area contributed by atoms with Gasteiger partial charge in [0, 0.05) is 37.1 Å². The van der Waals surface area contributed by atoms with E-state index in [-0.39, 0.29) is 17.8 Å². The van der Waals surface area contributed by atoms with Gasteiger partial charge >= 0.3 is 0 Å². The summed E-state index contributed by atoms with van der Waals surface area (Å²) in [6.07, 6.45) is 1.83. The molecule has 0 spiro atoms. The maximum atomic E-state index is 13.7. The molecule has 0 fully saturated rings. The third-order valence-electron chi connectivity index (χ3n) is 3.25. The van der Waals surface area contributed by atoms with Crippen LogP contribution in [0.25, 0.3) is 0 Å². The number of aliphatic imine (C=N–C) groups is 1. The predicted octanol–water partition coefficient (Wildman–Crippen LogP) is 2.60. The van der Waals surface area contributed by atoms with Crippen LogP contribution in [-0.4, -0.2) is 38.0 Å². The number of aryl methyl sites for hydroxylation is 1. The fourth-order valence-electron chi connectivity index (χ4n) is 2.12. The van der Waals surface area contributed by atoms with Crippen LogP contribution >= 0.6 is 15.9 Å². The van der Waals surface area contributed by atoms with Crippen LogP contribution in [0.1, 0.15) is 32.3 Å². The first kappa shape index (κ1) is 20.4. The Balaban J connectivity index is 2.23. The van der Waals surface area contributed by atoms with Gasteiger partial charge in [-0.05, 0) is 44.4 Å². The molecule has 1 aromatic carbocycles. The van der Waals surface area contributed by atoms with Crippen LogP contribution in [0.15, 0.2) is 27.7 Å². The van der Waals surface area contributed by atoms with Crippen molar-refractivity contribution in [2.75, 3.05) is 20.1 Å². The standard InChI is InChI=1S/C17H26BrFN4O/c1-12(2)23-16(24)8-10-22-17(20-3)21-9-4-5-13-6-7-14(18)11-15(13)19/h6-7,11-12H,4-5,8-10H2,1-3H3,(H,23,24)(H2,20,21,22). The summed E-state index contributed by atoms with van der Waals surface area (Å²) in [5, 5.41) is 9.09. The van der Waals surface area contributed by atoms with Crippen molar-refractivity contribution in [2.24, 2.45) is 4.99 Å². The maximum Gasteiger partial charge on any atom is 0.221 e. The number of carbonyl (C=O) groups is 1. The molecule has 24 heavy (non-hydrogen) atoms. The van der Waals surface area contributed by atoms with Crippen molar-refractivity contribution in [3.8, 4) is 0 Å². The minimum absolute atomic E-state index is 0.0127. The fourth-order valence-corrected chi connectivity index (χ4v) is 2.45. The van der Waals surface area contributed by atoms with Gasteiger partial charge in [0.15, 0.2) is 5.96 Å². The lowest BCUT2D eigenvalue weighted by atomic mass is 10.1. The van der Waals surface area contributed by atoms with Crippen LogP contribution in [-0.2, 0) is 11.2 Å². The number of nitrogens with zero attached hydrogens (tertiary/aromatic N) is 1. The Bertz CT molecular complexity index is 564. The lowest BCUT2D eigenvalue weighted by Crippen LogP contribution is -2.40. The highest BCUT2D eigenvalue weighted by atomic mass is 79.9. The van der Waals surface area contributed by atoms with E-state index in [1.807, 2.05) is 19.9 Å². The van der Waals surface area contributed by atoms with Gasteiger partial charge in [-0.1, -0.05) is 22.0 Å². The van der Waals surface area contributed by atoms with E-state index in [4.69, 9.17) is 0 Å². The Morgan fingerprint density at radius 2 is 2.00 bits per heavy atom. The zero-order valence-electron chi connectivity index (χ0n) is 14.5. The van der Waals surface area contributed by atoms with Gasteiger partial charge in [0.1, 0.15) is 5.82 Å². The highest BCUT2D eigenvalue weighted by Crippen LogP contribution is 2.16. The zero-order chi connectivity index (χ0) is 17.9. The molecular formula is C17H26BrFN4O. The first-order valence-corrected chi connectivity index (χ1v) is 8.89. The van der Waals surface area contributed by atoms with Crippen molar-refractivity contribution in [3.63, 3.8) is 0 Å². The minimum Gasteiger partial charge on any atom is -0.356 e. The number of rotatable bonds is 8. The molecule has 1 amide bonds. The number of hydrogen-bond acceptors (Lipinski definition) is 2. The van der Waals surface area contributed by atoms with E-state index in [0.717, 1.165) is 10.9 Å². The van der Waals surface area contributed by atoms with Crippen LogP contribution in [0, 0.1) is 5.82 Å². The molecule has 0 aliphatic rings. The van der Waals surface area contributed by atoms with Crippen molar-refractivity contribution in [3.05, 3.63) is 34.1 Å². The quantitative estimate of drug-likeness (QED) is 0.357. The summed E-state index contributed by atoms with van der Waals surface area (Å²) in [6, 6.07) is 5.26. The molecule has 0 unspecified atom stereocenters. The molecule has 0 aliphatic heterocycles. The number of nitrogens with one attached hydrogen (secondary N) is 3. The number of guanidine groups is 1. The molecule has 0 saturated heterocycles. The predicted molar refractivity (Wildman–Crippen MR) is 99.7 cm³/mol. The van der Waals surface area contributed by atoms with E-state index in [1.54, 1.807) is 13.1 Å². The molecule has 3 N–H and O–H groups in total. The first-order valence-electron chi connectivity index (χ1n) is 8.10. The second-order valence-corrected chi connectivity index (χ2v) is 6.65. The molecule has 1 aromatic rings. The molecule has 0 atom stereocenters.